The zero-order chi connectivity index (χ0) is 18.0. The van der Waals surface area contributed by atoms with Gasteiger partial charge in [-0.2, -0.15) is 0 Å². The maximum atomic E-state index is 12.9. The summed E-state index contributed by atoms with van der Waals surface area (Å²) in [6.07, 6.45) is -0.0782. The highest BCUT2D eigenvalue weighted by molar-refractivity contribution is 5.96. The smallest absolute Gasteiger partial charge is 0.305 e. The molecule has 0 bridgehead atoms. The van der Waals surface area contributed by atoms with E-state index in [9.17, 15) is 9.59 Å². The first-order chi connectivity index (χ1) is 11.2. The van der Waals surface area contributed by atoms with E-state index >= 15 is 0 Å². The molecular formula is C17H23N3O4. The van der Waals surface area contributed by atoms with Gasteiger partial charge in [-0.15, -0.1) is 0 Å². The summed E-state index contributed by atoms with van der Waals surface area (Å²) in [7, 11) is 0. The Morgan fingerprint density at radius 3 is 2.46 bits per heavy atom. The first-order valence-corrected chi connectivity index (χ1v) is 7.87. The molecule has 130 valence electrons. The van der Waals surface area contributed by atoms with Crippen molar-refractivity contribution in [3.8, 4) is 5.82 Å². The number of rotatable bonds is 6. The van der Waals surface area contributed by atoms with E-state index in [4.69, 9.17) is 9.63 Å². The summed E-state index contributed by atoms with van der Waals surface area (Å²) in [5, 5.41) is 12.9. The third-order valence-corrected chi connectivity index (χ3v) is 3.96. The van der Waals surface area contributed by atoms with Gasteiger partial charge in [0.15, 0.2) is 5.82 Å². The summed E-state index contributed by atoms with van der Waals surface area (Å²) >= 11 is 0. The standard InChI is InChI=1S/C17H23N3O4/c1-10(2)19(7-6-16(21)22)17(23)14-8-11(3)20(13(14)5)15-9-12(4)24-18-15/h8-10H,6-7H2,1-5H3,(H,21,22). The highest BCUT2D eigenvalue weighted by Gasteiger charge is 2.24. The van der Waals surface area contributed by atoms with Gasteiger partial charge in [0.2, 0.25) is 0 Å². The van der Waals surface area contributed by atoms with Gasteiger partial charge in [0, 0.05) is 30.0 Å². The molecule has 0 aliphatic heterocycles. The minimum atomic E-state index is -0.919. The second-order valence-electron chi connectivity index (χ2n) is 6.15. The minimum absolute atomic E-state index is 0.0782. The Kier molecular flexibility index (Phi) is 5.11. The molecule has 2 aromatic rings. The van der Waals surface area contributed by atoms with E-state index in [1.165, 1.54) is 0 Å². The number of carbonyl (C=O) groups excluding carboxylic acids is 1. The number of aliphatic carboxylic acids is 1. The van der Waals surface area contributed by atoms with Crippen LogP contribution in [0.5, 0.6) is 0 Å². The molecule has 0 saturated carbocycles. The van der Waals surface area contributed by atoms with E-state index in [0.717, 1.165) is 11.4 Å². The summed E-state index contributed by atoms with van der Waals surface area (Å²) in [5.41, 5.74) is 2.17. The molecule has 7 heteroatoms. The number of hydrogen-bond donors (Lipinski definition) is 1. The topological polar surface area (TPSA) is 88.6 Å². The molecule has 0 atom stereocenters. The second-order valence-corrected chi connectivity index (χ2v) is 6.15. The SMILES string of the molecule is Cc1cc(-n2c(C)cc(C(=O)N(CCC(=O)O)C(C)C)c2C)no1. The summed E-state index contributed by atoms with van der Waals surface area (Å²) in [5.74, 6) is 0.224. The lowest BCUT2D eigenvalue weighted by Gasteiger charge is -2.26. The number of carboxylic acid groups (broad SMARTS) is 1. The van der Waals surface area contributed by atoms with Crippen LogP contribution in [0.1, 0.15) is 47.8 Å². The molecule has 0 aromatic carbocycles. The van der Waals surface area contributed by atoms with Crippen LogP contribution in [0.3, 0.4) is 0 Å². The summed E-state index contributed by atoms with van der Waals surface area (Å²) in [4.78, 5) is 25.3. The van der Waals surface area contributed by atoms with E-state index < -0.39 is 5.97 Å². The number of nitrogens with zero attached hydrogens (tertiary/aromatic N) is 3. The van der Waals surface area contributed by atoms with Crippen molar-refractivity contribution >= 4 is 11.9 Å². The van der Waals surface area contributed by atoms with Gasteiger partial charge in [0.25, 0.3) is 5.91 Å². The van der Waals surface area contributed by atoms with Gasteiger partial charge in [0.05, 0.1) is 12.0 Å². The van der Waals surface area contributed by atoms with Gasteiger partial charge >= 0.3 is 5.97 Å². The molecule has 0 unspecified atom stereocenters. The Morgan fingerprint density at radius 2 is 1.96 bits per heavy atom. The maximum absolute atomic E-state index is 12.9. The quantitative estimate of drug-likeness (QED) is 0.878. The zero-order valence-corrected chi connectivity index (χ0v) is 14.7. The second kappa shape index (κ2) is 6.90. The highest BCUT2D eigenvalue weighted by Crippen LogP contribution is 2.22. The van der Waals surface area contributed by atoms with Crippen molar-refractivity contribution in [1.82, 2.24) is 14.6 Å². The normalized spacial score (nSPS) is 11.1. The predicted molar refractivity (Wildman–Crippen MR) is 88.5 cm³/mol. The lowest BCUT2D eigenvalue weighted by atomic mass is 10.1. The van der Waals surface area contributed by atoms with Crippen molar-refractivity contribution in [3.05, 3.63) is 34.8 Å². The van der Waals surface area contributed by atoms with Crippen LogP contribution in [-0.2, 0) is 4.79 Å². The van der Waals surface area contributed by atoms with Crippen LogP contribution in [0.4, 0.5) is 0 Å². The molecule has 0 spiro atoms. The molecule has 2 rings (SSSR count). The van der Waals surface area contributed by atoms with Gasteiger partial charge in [0.1, 0.15) is 5.76 Å². The molecule has 1 amide bonds. The molecule has 7 nitrogen and oxygen atoms in total. The van der Waals surface area contributed by atoms with Gasteiger partial charge in [-0.05, 0) is 40.7 Å². The van der Waals surface area contributed by atoms with E-state index in [-0.39, 0.29) is 24.9 Å². The van der Waals surface area contributed by atoms with Crippen molar-refractivity contribution in [2.75, 3.05) is 6.54 Å². The molecule has 2 aromatic heterocycles. The van der Waals surface area contributed by atoms with Gasteiger partial charge in [-0.25, -0.2) is 0 Å². The van der Waals surface area contributed by atoms with Crippen molar-refractivity contribution in [1.29, 1.82) is 0 Å². The van der Waals surface area contributed by atoms with Crippen molar-refractivity contribution in [3.63, 3.8) is 0 Å². The Bertz CT molecular complexity index is 758. The lowest BCUT2D eigenvalue weighted by molar-refractivity contribution is -0.137. The Labute approximate surface area is 140 Å². The monoisotopic (exact) mass is 333 g/mol. The molecule has 0 radical (unpaired) electrons. The molecule has 2 heterocycles. The van der Waals surface area contributed by atoms with Crippen LogP contribution in [0.15, 0.2) is 16.7 Å². The fourth-order valence-electron chi connectivity index (χ4n) is 2.76. The number of carboxylic acids is 1. The molecule has 0 aliphatic carbocycles. The number of aryl methyl sites for hydroxylation is 2. The van der Waals surface area contributed by atoms with Crippen LogP contribution >= 0.6 is 0 Å². The average molecular weight is 333 g/mol. The van der Waals surface area contributed by atoms with Gasteiger partial charge in [-0.3, -0.25) is 14.2 Å². The Morgan fingerprint density at radius 1 is 1.29 bits per heavy atom. The van der Waals surface area contributed by atoms with Crippen molar-refractivity contribution in [2.24, 2.45) is 0 Å². The Balaban J connectivity index is 2.37. The molecule has 0 aliphatic rings. The minimum Gasteiger partial charge on any atom is -0.481 e. The maximum Gasteiger partial charge on any atom is 0.305 e. The summed E-state index contributed by atoms with van der Waals surface area (Å²) in [6.45, 7) is 9.48. The molecule has 1 N–H and O–H groups in total. The van der Waals surface area contributed by atoms with E-state index in [0.29, 0.717) is 17.1 Å². The Hall–Kier alpha value is -2.57. The van der Waals surface area contributed by atoms with E-state index in [2.05, 4.69) is 5.16 Å². The number of amides is 1. The largest absolute Gasteiger partial charge is 0.481 e. The zero-order valence-electron chi connectivity index (χ0n) is 14.7. The predicted octanol–water partition coefficient (Wildman–Crippen LogP) is 2.72. The number of aromatic nitrogens is 2. The van der Waals surface area contributed by atoms with Crippen molar-refractivity contribution in [2.45, 2.75) is 47.1 Å². The number of hydrogen-bond acceptors (Lipinski definition) is 4. The molecule has 24 heavy (non-hydrogen) atoms. The molecule has 0 fully saturated rings. The third kappa shape index (κ3) is 3.50. The molecule has 0 saturated heterocycles. The lowest BCUT2D eigenvalue weighted by Crippen LogP contribution is -2.38. The van der Waals surface area contributed by atoms with E-state index in [1.807, 2.05) is 39.2 Å². The van der Waals surface area contributed by atoms with Crippen LogP contribution in [0, 0.1) is 20.8 Å². The fraction of sp³-hybridized carbons (Fsp3) is 0.471. The van der Waals surface area contributed by atoms with Crippen LogP contribution in [0.25, 0.3) is 5.82 Å². The first kappa shape index (κ1) is 17.8. The summed E-state index contributed by atoms with van der Waals surface area (Å²) in [6, 6.07) is 3.52. The van der Waals surface area contributed by atoms with E-state index in [1.54, 1.807) is 17.0 Å². The fourth-order valence-corrected chi connectivity index (χ4v) is 2.76. The first-order valence-electron chi connectivity index (χ1n) is 7.87. The average Bonchev–Trinajstić information content (AvgIpc) is 3.01. The molecular weight excluding hydrogens is 310 g/mol. The van der Waals surface area contributed by atoms with Gasteiger partial charge < -0.3 is 14.5 Å². The van der Waals surface area contributed by atoms with Crippen molar-refractivity contribution < 1.29 is 19.2 Å². The van der Waals surface area contributed by atoms with Crippen LogP contribution in [0.2, 0.25) is 0 Å². The highest BCUT2D eigenvalue weighted by atomic mass is 16.5. The number of carbonyl (C=O) groups is 2. The third-order valence-electron chi connectivity index (χ3n) is 3.96. The van der Waals surface area contributed by atoms with Crippen LogP contribution < -0.4 is 0 Å². The summed E-state index contributed by atoms with van der Waals surface area (Å²) < 4.78 is 6.98. The van der Waals surface area contributed by atoms with Gasteiger partial charge in [-0.1, -0.05) is 5.16 Å². The van der Waals surface area contributed by atoms with Crippen LogP contribution in [-0.4, -0.2) is 44.2 Å².